The maximum absolute atomic E-state index is 9.61. The van der Waals surface area contributed by atoms with E-state index in [2.05, 4.69) is 29.2 Å². The summed E-state index contributed by atoms with van der Waals surface area (Å²) >= 11 is 0. The zero-order chi connectivity index (χ0) is 11.4. The molecule has 0 radical (unpaired) electrons. The van der Waals surface area contributed by atoms with Crippen molar-refractivity contribution in [1.82, 2.24) is 4.90 Å². The quantitative estimate of drug-likeness (QED) is 0.838. The largest absolute Gasteiger partial charge is 0.510 e. The average molecular weight is 215 g/mol. The number of aliphatic hydroxyl groups is 1. The Hall–Kier alpha value is -1.70. The summed E-state index contributed by atoms with van der Waals surface area (Å²) in [7, 11) is 0. The Bertz CT molecular complexity index is 394. The van der Waals surface area contributed by atoms with Crippen molar-refractivity contribution < 1.29 is 5.11 Å². The number of aliphatic hydroxyl groups excluding tert-OH is 1. The molecule has 1 aliphatic heterocycles. The van der Waals surface area contributed by atoms with Crippen molar-refractivity contribution in [2.24, 2.45) is 0 Å². The molecule has 1 heterocycles. The molecule has 1 aromatic rings. The summed E-state index contributed by atoms with van der Waals surface area (Å²) in [5.74, 6) is 0.440. The normalized spacial score (nSPS) is 19.7. The highest BCUT2D eigenvalue weighted by molar-refractivity contribution is 5.19. The first-order valence-corrected chi connectivity index (χ1v) is 5.64. The molecule has 1 aromatic carbocycles. The van der Waals surface area contributed by atoms with E-state index < -0.39 is 0 Å². The van der Waals surface area contributed by atoms with E-state index in [-0.39, 0.29) is 6.04 Å². The van der Waals surface area contributed by atoms with E-state index in [0.717, 1.165) is 13.0 Å². The van der Waals surface area contributed by atoms with Crippen LogP contribution in [-0.4, -0.2) is 22.6 Å². The van der Waals surface area contributed by atoms with Crippen molar-refractivity contribution in [3.8, 4) is 0 Å². The van der Waals surface area contributed by atoms with Gasteiger partial charge in [-0.25, -0.2) is 0 Å². The number of benzene rings is 1. The standard InChI is InChI=1S/C14H17NO/c1-12-14(16)8-5-10-15(12)11-9-13-6-3-2-4-7-13/h2-8,10,12,16H,9,11H2,1H3. The molecule has 2 heteroatoms. The summed E-state index contributed by atoms with van der Waals surface area (Å²) in [6, 6.07) is 10.5. The fraction of sp³-hybridized carbons (Fsp3) is 0.286. The van der Waals surface area contributed by atoms with Gasteiger partial charge in [0.2, 0.25) is 0 Å². The molecule has 2 nitrogen and oxygen atoms in total. The maximum atomic E-state index is 9.61. The molecule has 0 aliphatic carbocycles. The van der Waals surface area contributed by atoms with Crippen LogP contribution in [0.25, 0.3) is 0 Å². The molecule has 0 saturated carbocycles. The van der Waals surface area contributed by atoms with Crippen molar-refractivity contribution in [2.75, 3.05) is 6.54 Å². The predicted molar refractivity (Wildman–Crippen MR) is 66.2 cm³/mol. The second kappa shape index (κ2) is 4.88. The minimum Gasteiger partial charge on any atom is -0.510 e. The Morgan fingerprint density at radius 2 is 2.00 bits per heavy atom. The number of rotatable bonds is 3. The van der Waals surface area contributed by atoms with Crippen molar-refractivity contribution in [1.29, 1.82) is 0 Å². The van der Waals surface area contributed by atoms with Gasteiger partial charge in [-0.15, -0.1) is 0 Å². The molecule has 0 saturated heterocycles. The predicted octanol–water partition coefficient (Wildman–Crippen LogP) is 2.89. The first-order chi connectivity index (χ1) is 7.77. The zero-order valence-corrected chi connectivity index (χ0v) is 9.50. The van der Waals surface area contributed by atoms with Crippen molar-refractivity contribution >= 4 is 0 Å². The van der Waals surface area contributed by atoms with Crippen LogP contribution in [0.1, 0.15) is 12.5 Å². The van der Waals surface area contributed by atoms with Gasteiger partial charge in [-0.2, -0.15) is 0 Å². The summed E-state index contributed by atoms with van der Waals surface area (Å²) in [5, 5.41) is 9.61. The van der Waals surface area contributed by atoms with E-state index in [1.54, 1.807) is 6.08 Å². The molecule has 1 unspecified atom stereocenters. The second-order valence-electron chi connectivity index (χ2n) is 4.08. The summed E-state index contributed by atoms with van der Waals surface area (Å²) in [4.78, 5) is 2.16. The van der Waals surface area contributed by atoms with Gasteiger partial charge in [-0.3, -0.25) is 0 Å². The third kappa shape index (κ3) is 2.45. The molecule has 1 N–H and O–H groups in total. The van der Waals surface area contributed by atoms with Gasteiger partial charge in [-0.1, -0.05) is 30.3 Å². The lowest BCUT2D eigenvalue weighted by molar-refractivity contribution is 0.242. The topological polar surface area (TPSA) is 23.5 Å². The maximum Gasteiger partial charge on any atom is 0.114 e. The summed E-state index contributed by atoms with van der Waals surface area (Å²) in [5.41, 5.74) is 1.33. The molecule has 0 aromatic heterocycles. The second-order valence-corrected chi connectivity index (χ2v) is 4.08. The molecule has 0 bridgehead atoms. The first-order valence-electron chi connectivity index (χ1n) is 5.64. The highest BCUT2D eigenvalue weighted by Gasteiger charge is 2.15. The number of allylic oxidation sites excluding steroid dienone is 2. The molecule has 84 valence electrons. The van der Waals surface area contributed by atoms with Crippen LogP contribution >= 0.6 is 0 Å². The summed E-state index contributed by atoms with van der Waals surface area (Å²) in [6.07, 6.45) is 6.68. The summed E-state index contributed by atoms with van der Waals surface area (Å²) < 4.78 is 0. The van der Waals surface area contributed by atoms with Crippen LogP contribution in [0.4, 0.5) is 0 Å². The van der Waals surface area contributed by atoms with Gasteiger partial charge in [0.1, 0.15) is 5.76 Å². The molecule has 0 fully saturated rings. The molecule has 16 heavy (non-hydrogen) atoms. The van der Waals surface area contributed by atoms with Gasteiger partial charge in [0, 0.05) is 6.54 Å². The van der Waals surface area contributed by atoms with Gasteiger partial charge in [-0.05, 0) is 37.3 Å². The number of nitrogens with zero attached hydrogens (tertiary/aromatic N) is 1. The molecule has 0 spiro atoms. The minimum absolute atomic E-state index is 0.0914. The zero-order valence-electron chi connectivity index (χ0n) is 9.50. The first kappa shape index (κ1) is 10.8. The highest BCUT2D eigenvalue weighted by Crippen LogP contribution is 2.14. The molecule has 1 atom stereocenters. The van der Waals surface area contributed by atoms with Gasteiger partial charge in [0.15, 0.2) is 0 Å². The fourth-order valence-electron chi connectivity index (χ4n) is 1.86. The van der Waals surface area contributed by atoms with E-state index in [1.165, 1.54) is 5.56 Å². The average Bonchev–Trinajstić information content (AvgIpc) is 2.32. The Morgan fingerprint density at radius 1 is 1.25 bits per heavy atom. The molecular weight excluding hydrogens is 198 g/mol. The third-order valence-corrected chi connectivity index (χ3v) is 2.97. The lowest BCUT2D eigenvalue weighted by Crippen LogP contribution is -2.33. The van der Waals surface area contributed by atoms with Crippen molar-refractivity contribution in [3.63, 3.8) is 0 Å². The third-order valence-electron chi connectivity index (χ3n) is 2.97. The van der Waals surface area contributed by atoms with Crippen molar-refractivity contribution in [2.45, 2.75) is 19.4 Å². The van der Waals surface area contributed by atoms with Crippen LogP contribution < -0.4 is 0 Å². The van der Waals surface area contributed by atoms with Crippen LogP contribution in [0, 0.1) is 0 Å². The SMILES string of the molecule is CC1C(O)=CC=CN1CCc1ccccc1. The highest BCUT2D eigenvalue weighted by atomic mass is 16.3. The van der Waals surface area contributed by atoms with Crippen molar-refractivity contribution in [3.05, 3.63) is 60.0 Å². The molecular formula is C14H17NO. The Labute approximate surface area is 96.5 Å². The van der Waals surface area contributed by atoms with Crippen LogP contribution in [0.5, 0.6) is 0 Å². The van der Waals surface area contributed by atoms with E-state index in [0.29, 0.717) is 5.76 Å². The Morgan fingerprint density at radius 3 is 2.75 bits per heavy atom. The van der Waals surface area contributed by atoms with E-state index in [4.69, 9.17) is 0 Å². The number of hydrogen-bond donors (Lipinski definition) is 1. The lowest BCUT2D eigenvalue weighted by atomic mass is 10.1. The van der Waals surface area contributed by atoms with Gasteiger partial charge in [0.25, 0.3) is 0 Å². The number of hydrogen-bond acceptors (Lipinski definition) is 2. The monoisotopic (exact) mass is 215 g/mol. The van der Waals surface area contributed by atoms with E-state index >= 15 is 0 Å². The Kier molecular flexibility index (Phi) is 3.30. The molecule has 0 amide bonds. The summed E-state index contributed by atoms with van der Waals surface area (Å²) in [6.45, 7) is 2.94. The Balaban J connectivity index is 1.92. The van der Waals surface area contributed by atoms with Gasteiger partial charge >= 0.3 is 0 Å². The van der Waals surface area contributed by atoms with Crippen LogP contribution in [-0.2, 0) is 6.42 Å². The molecule has 2 rings (SSSR count). The smallest absolute Gasteiger partial charge is 0.114 e. The lowest BCUT2D eigenvalue weighted by Gasteiger charge is -2.29. The van der Waals surface area contributed by atoms with Crippen LogP contribution in [0.15, 0.2) is 54.4 Å². The van der Waals surface area contributed by atoms with E-state index in [1.807, 2.05) is 25.3 Å². The van der Waals surface area contributed by atoms with E-state index in [9.17, 15) is 5.11 Å². The molecule has 1 aliphatic rings. The van der Waals surface area contributed by atoms with Crippen LogP contribution in [0.3, 0.4) is 0 Å². The minimum atomic E-state index is 0.0914. The van der Waals surface area contributed by atoms with Gasteiger partial charge in [0.05, 0.1) is 6.04 Å². The van der Waals surface area contributed by atoms with Gasteiger partial charge < -0.3 is 10.0 Å². The van der Waals surface area contributed by atoms with Crippen LogP contribution in [0.2, 0.25) is 0 Å². The fourth-order valence-corrected chi connectivity index (χ4v) is 1.86.